The first-order valence-corrected chi connectivity index (χ1v) is 36.1. The van der Waals surface area contributed by atoms with Crippen LogP contribution in [0.15, 0.2) is 218 Å². The first-order valence-electron chi connectivity index (χ1n) is 19.3. The minimum absolute atomic E-state index is 1.28. The van der Waals surface area contributed by atoms with Gasteiger partial charge >= 0.3 is 353 Å². The van der Waals surface area contributed by atoms with E-state index in [-0.39, 0.29) is 0 Å². The van der Waals surface area contributed by atoms with Gasteiger partial charge in [-0.3, -0.25) is 0 Å². The standard InChI is InChI=1S/2C26H24P.Ba/c2*1-21-13-17-25(18-14-21)27(23-9-5-3-6-10-23,24-11-7-4-8-12-24)26-19-15-22(2)16-20-26;/h2*3-20H,1-2H3;/q2*+1;-2. The summed E-state index contributed by atoms with van der Waals surface area (Å²) in [6.45, 7) is 8.91. The average molecular weight is 872 g/mol. The van der Waals surface area contributed by atoms with Gasteiger partial charge in [0, 0.05) is 0 Å². The summed E-state index contributed by atoms with van der Waals surface area (Å²) in [5, 5.41) is 11.8. The molecule has 0 aliphatic rings. The van der Waals surface area contributed by atoms with Crippen molar-refractivity contribution in [1.82, 2.24) is 0 Å². The van der Waals surface area contributed by atoms with Crippen molar-refractivity contribution in [2.45, 2.75) is 27.7 Å². The van der Waals surface area contributed by atoms with Crippen molar-refractivity contribution in [3.05, 3.63) is 241 Å². The van der Waals surface area contributed by atoms with Crippen LogP contribution in [-0.2, 0) is 0 Å². The summed E-state index contributed by atoms with van der Waals surface area (Å²) in [4.78, 5) is 0. The van der Waals surface area contributed by atoms with Crippen LogP contribution in [0.3, 0.4) is 0 Å². The van der Waals surface area contributed by atoms with Crippen molar-refractivity contribution in [1.29, 1.82) is 0 Å². The van der Waals surface area contributed by atoms with Crippen molar-refractivity contribution in [3.63, 3.8) is 0 Å². The molecule has 0 N–H and O–H groups in total. The number of rotatable bonds is 10. The van der Waals surface area contributed by atoms with E-state index in [1.165, 1.54) is 64.7 Å². The van der Waals surface area contributed by atoms with Gasteiger partial charge in [-0.15, -0.1) is 0 Å². The number of aryl methyl sites for hydroxylation is 4. The van der Waals surface area contributed by atoms with Crippen molar-refractivity contribution < 1.29 is 0 Å². The number of benzene rings is 8. The zero-order valence-corrected chi connectivity index (χ0v) is 38.6. The Bertz CT molecular complexity index is 2150. The predicted molar refractivity (Wildman–Crippen MR) is 247 cm³/mol. The monoisotopic (exact) mass is 872 g/mol. The van der Waals surface area contributed by atoms with Crippen LogP contribution in [0.25, 0.3) is 0 Å². The zero-order valence-electron chi connectivity index (χ0n) is 32.4. The van der Waals surface area contributed by atoms with Gasteiger partial charge in [-0.05, 0) is 0 Å². The van der Waals surface area contributed by atoms with Crippen LogP contribution in [0.4, 0.5) is 0 Å². The third-order valence-electron chi connectivity index (χ3n) is 12.3. The second-order valence-electron chi connectivity index (χ2n) is 15.4. The van der Waals surface area contributed by atoms with E-state index in [1.807, 2.05) is 0 Å². The number of hydrogen-bond donors (Lipinski definition) is 0. The summed E-state index contributed by atoms with van der Waals surface area (Å²) in [5.41, 5.74) is 5.12. The maximum atomic E-state index is 2.53. The second-order valence-corrected chi connectivity index (χ2v) is 57.7. The van der Waals surface area contributed by atoms with Gasteiger partial charge in [0.25, 0.3) is 0 Å². The van der Waals surface area contributed by atoms with E-state index in [9.17, 15) is 0 Å². The van der Waals surface area contributed by atoms with Gasteiger partial charge in [-0.1, -0.05) is 0 Å². The Morgan fingerprint density at radius 3 is 0.564 bits per heavy atom. The quantitative estimate of drug-likeness (QED) is 0.0950. The van der Waals surface area contributed by atoms with Crippen molar-refractivity contribution >= 4 is 85.1 Å². The Morgan fingerprint density at radius 2 is 0.382 bits per heavy atom. The van der Waals surface area contributed by atoms with E-state index < -0.39 is 42.7 Å². The van der Waals surface area contributed by atoms with Gasteiger partial charge in [0.2, 0.25) is 0 Å². The van der Waals surface area contributed by atoms with Crippen LogP contribution in [0.5, 0.6) is 0 Å². The van der Waals surface area contributed by atoms with Gasteiger partial charge in [0.15, 0.2) is 0 Å². The molecule has 3 heteroatoms. The fraction of sp³-hybridized carbons (Fsp3) is 0.0769. The third kappa shape index (κ3) is 5.93. The molecule has 0 bridgehead atoms. The minimum atomic E-state index is -3.65. The van der Waals surface area contributed by atoms with E-state index in [0.29, 0.717) is 0 Å². The molecule has 0 atom stereocenters. The third-order valence-corrected chi connectivity index (χ3v) is 87.8. The van der Waals surface area contributed by atoms with Crippen LogP contribution < -0.4 is 42.4 Å². The molecule has 0 aliphatic heterocycles. The predicted octanol–water partition coefficient (Wildman–Crippen LogP) is 9.46. The van der Waals surface area contributed by atoms with Crippen LogP contribution in [0, 0.1) is 27.7 Å². The van der Waals surface area contributed by atoms with E-state index in [0.717, 1.165) is 0 Å². The Kier molecular flexibility index (Phi) is 10.6. The average Bonchev–Trinajstić information content (AvgIpc) is 3.25. The van der Waals surface area contributed by atoms with Crippen molar-refractivity contribution in [2.24, 2.45) is 0 Å². The summed E-state index contributed by atoms with van der Waals surface area (Å²) in [6.07, 6.45) is 0. The molecule has 0 radical (unpaired) electrons. The SMILES string of the molecule is Cc1ccc([P]([Ba][P](c2ccccc2)(c2ccccc2)(c2ccc(C)cc2)c2ccc(C)cc2)(c2ccccc2)(c2ccccc2)c2ccc(C)cc2)cc1. The molecule has 0 amide bonds. The molecule has 268 valence electrons. The van der Waals surface area contributed by atoms with Gasteiger partial charge < -0.3 is 0 Å². The molecular formula is C52H48BaP2. The summed E-state index contributed by atoms with van der Waals surface area (Å²) in [6, 6.07) is 86.4. The van der Waals surface area contributed by atoms with Gasteiger partial charge in [0.05, 0.1) is 0 Å². The molecule has 8 aromatic carbocycles. The molecule has 0 saturated carbocycles. The maximum absolute atomic E-state index is 3.65. The number of hydrogen-bond acceptors (Lipinski definition) is 0. The molecule has 0 spiro atoms. The van der Waals surface area contributed by atoms with E-state index in [1.54, 1.807) is 0 Å². The molecule has 8 rings (SSSR count). The van der Waals surface area contributed by atoms with Crippen LogP contribution >= 0.6 is 0.241 Å². The van der Waals surface area contributed by atoms with Crippen LogP contribution in [-0.4, -0.2) is 42.5 Å². The summed E-state index contributed by atoms with van der Waals surface area (Å²) < 4.78 is -7.30. The summed E-state index contributed by atoms with van der Waals surface area (Å²) in [7, 11) is 0. The Labute approximate surface area is 349 Å². The fourth-order valence-electron chi connectivity index (χ4n) is 9.53. The fourth-order valence-corrected chi connectivity index (χ4v) is 114. The van der Waals surface area contributed by atoms with Gasteiger partial charge in [-0.2, -0.15) is 0 Å². The molecule has 0 heterocycles. The van der Waals surface area contributed by atoms with Gasteiger partial charge in [-0.25, -0.2) is 0 Å². The topological polar surface area (TPSA) is 0 Å². The Hall–Kier alpha value is -3.81. The molecule has 0 aromatic heterocycles. The first kappa shape index (κ1) is 38.1. The van der Waals surface area contributed by atoms with Gasteiger partial charge in [0.1, 0.15) is 0 Å². The summed E-state index contributed by atoms with van der Waals surface area (Å²) >= 11 is -3.01. The molecule has 0 unspecified atom stereocenters. The molecule has 8 aromatic rings. The van der Waals surface area contributed by atoms with Crippen LogP contribution in [0.1, 0.15) is 22.3 Å². The molecule has 0 saturated heterocycles. The second kappa shape index (κ2) is 15.3. The molecule has 0 fully saturated rings. The normalized spacial score (nSPS) is 13.1. The van der Waals surface area contributed by atoms with E-state index in [4.69, 9.17) is 0 Å². The molecular weight excluding hydrogens is 824 g/mol. The van der Waals surface area contributed by atoms with Crippen LogP contribution in [0.2, 0.25) is 0 Å². The molecule has 55 heavy (non-hydrogen) atoms. The van der Waals surface area contributed by atoms with Crippen molar-refractivity contribution in [2.75, 3.05) is 0 Å². The van der Waals surface area contributed by atoms with E-state index in [2.05, 4.69) is 246 Å². The summed E-state index contributed by atoms with van der Waals surface area (Å²) in [5.74, 6) is 0. The van der Waals surface area contributed by atoms with E-state index >= 15 is 0 Å². The molecule has 0 aliphatic carbocycles. The van der Waals surface area contributed by atoms with Crippen molar-refractivity contribution in [3.8, 4) is 0 Å². The first-order chi connectivity index (χ1) is 26.8. The molecule has 0 nitrogen and oxygen atoms in total. The Balaban J connectivity index is 1.76. The Morgan fingerprint density at radius 1 is 0.218 bits per heavy atom. The zero-order chi connectivity index (χ0) is 38.0.